The molecule has 0 unspecified atom stereocenters. The number of aliphatic hydroxyl groups excluding tert-OH is 1. The molecule has 0 spiro atoms. The summed E-state index contributed by atoms with van der Waals surface area (Å²) in [5.74, 6) is -3.18. The van der Waals surface area contributed by atoms with Crippen molar-refractivity contribution >= 4 is 58.1 Å². The third-order valence-corrected chi connectivity index (χ3v) is 16.6. The Morgan fingerprint density at radius 2 is 1.34 bits per heavy atom. The number of nitrogens with one attached hydrogen (secondary N) is 2. The topological polar surface area (TPSA) is 195 Å². The van der Waals surface area contributed by atoms with Gasteiger partial charge in [0.1, 0.15) is 41.8 Å². The van der Waals surface area contributed by atoms with Gasteiger partial charge < -0.3 is 40.1 Å². The maximum atomic E-state index is 15.2. The molecule has 10 rings (SSSR count). The van der Waals surface area contributed by atoms with Gasteiger partial charge >= 0.3 is 0 Å². The molecule has 4 aliphatic heterocycles. The van der Waals surface area contributed by atoms with E-state index in [1.165, 1.54) is 43.4 Å². The number of nitrogens with zero attached hydrogens (tertiary/aromatic N) is 6. The summed E-state index contributed by atoms with van der Waals surface area (Å²) in [5.41, 5.74) is 9.31. The van der Waals surface area contributed by atoms with Crippen LogP contribution in [0.5, 0.6) is 5.75 Å². The van der Waals surface area contributed by atoms with Crippen molar-refractivity contribution < 1.29 is 43.0 Å². The molecule has 6 aromatic rings. The van der Waals surface area contributed by atoms with Gasteiger partial charge in [0.05, 0.1) is 39.1 Å². The standard InChI is InChI=1S/C57H59FN8O8S2/c1-31(2)49(56(72)63-27-39(67)19-46(63)52(68)61-23-35-12-17-43(45(58)18-35)51-33(5)62-30-76-51)66-26-38-15-16-40(20-44(38)55(66)71)74-41-21-47(53(69)60-22-34-10-13-36(14-11-34)48-24-59-29-75-48)64(28-41)57(73)50(32(3)4)65-25-37-8-6-7-9-42(37)54(65)70/h6-18,20,24,29-32,39,41,46-47,49-50,67H,19,21-23,25-28H2,1-5H3,(H,60,69)(H,61,68)/t39-,41-,46+,47+,49+,50+/m1/s1. The zero-order chi connectivity index (χ0) is 53.5. The van der Waals surface area contributed by atoms with E-state index in [2.05, 4.69) is 20.6 Å². The Morgan fingerprint density at radius 3 is 1.96 bits per heavy atom. The minimum Gasteiger partial charge on any atom is -0.488 e. The third-order valence-electron chi connectivity index (χ3n) is 14.8. The molecule has 6 heterocycles. The Hall–Kier alpha value is -7.35. The zero-order valence-electron chi connectivity index (χ0n) is 42.8. The molecule has 4 aromatic carbocycles. The predicted octanol–water partition coefficient (Wildman–Crippen LogP) is 6.99. The molecule has 0 bridgehead atoms. The van der Waals surface area contributed by atoms with Crippen LogP contribution in [-0.4, -0.2) is 120 Å². The molecule has 3 N–H and O–H groups in total. The van der Waals surface area contributed by atoms with Gasteiger partial charge in [-0.25, -0.2) is 9.37 Å². The molecule has 4 aliphatic rings. The molecule has 6 amide bonds. The van der Waals surface area contributed by atoms with Gasteiger partial charge in [-0.3, -0.25) is 33.8 Å². The summed E-state index contributed by atoms with van der Waals surface area (Å²) in [7, 11) is 0. The summed E-state index contributed by atoms with van der Waals surface area (Å²) >= 11 is 2.87. The van der Waals surface area contributed by atoms with E-state index in [0.717, 1.165) is 32.1 Å². The molecular weight excluding hydrogens is 1010 g/mol. The number of amides is 6. The quantitative estimate of drug-likeness (QED) is 0.0910. The van der Waals surface area contributed by atoms with E-state index >= 15 is 4.39 Å². The number of aryl methyl sites for hydroxylation is 1. The van der Waals surface area contributed by atoms with Gasteiger partial charge in [0, 0.05) is 68.5 Å². The molecule has 0 aliphatic carbocycles. The molecule has 19 heteroatoms. The number of carbonyl (C=O) groups excluding carboxylic acids is 6. The van der Waals surface area contributed by atoms with E-state index in [4.69, 9.17) is 4.74 Å². The monoisotopic (exact) mass is 1070 g/mol. The number of benzene rings is 4. The van der Waals surface area contributed by atoms with Crippen LogP contribution in [0.1, 0.15) is 89.2 Å². The highest BCUT2D eigenvalue weighted by atomic mass is 32.1. The smallest absolute Gasteiger partial charge is 0.255 e. The number of thiazole rings is 2. The molecule has 0 saturated carbocycles. The first-order chi connectivity index (χ1) is 36.5. The molecule has 394 valence electrons. The number of halogens is 1. The first kappa shape index (κ1) is 52.1. The fourth-order valence-electron chi connectivity index (χ4n) is 11.0. The molecule has 6 atom stereocenters. The van der Waals surface area contributed by atoms with Gasteiger partial charge in [-0.1, -0.05) is 88.4 Å². The molecule has 2 saturated heterocycles. The number of likely N-dealkylation sites (tertiary alicyclic amines) is 2. The lowest BCUT2D eigenvalue weighted by Gasteiger charge is -2.35. The fourth-order valence-corrected chi connectivity index (χ4v) is 12.5. The van der Waals surface area contributed by atoms with E-state index < -0.39 is 59.9 Å². The second kappa shape index (κ2) is 21.7. The molecule has 0 radical (unpaired) electrons. The van der Waals surface area contributed by atoms with Gasteiger partial charge in [0.25, 0.3) is 11.8 Å². The van der Waals surface area contributed by atoms with Crippen LogP contribution in [0.4, 0.5) is 4.39 Å². The van der Waals surface area contributed by atoms with Crippen LogP contribution >= 0.6 is 22.7 Å². The number of fused-ring (bicyclic) bond motifs is 2. The van der Waals surface area contributed by atoms with Crippen molar-refractivity contribution in [2.75, 3.05) is 13.1 Å². The number of hydrogen-bond acceptors (Lipinski definition) is 12. The van der Waals surface area contributed by atoms with Crippen molar-refractivity contribution in [1.29, 1.82) is 0 Å². The Bertz CT molecular complexity index is 3200. The molecule has 2 fully saturated rings. The van der Waals surface area contributed by atoms with Crippen LogP contribution in [0.2, 0.25) is 0 Å². The second-order valence-electron chi connectivity index (χ2n) is 20.7. The Morgan fingerprint density at radius 1 is 0.724 bits per heavy atom. The average Bonchev–Trinajstić information content (AvgIpc) is 4.29. The summed E-state index contributed by atoms with van der Waals surface area (Å²) < 4.78 is 21.8. The average molecular weight is 1070 g/mol. The van der Waals surface area contributed by atoms with Gasteiger partial charge in [0.2, 0.25) is 23.6 Å². The van der Waals surface area contributed by atoms with E-state index in [1.807, 2.05) is 71.0 Å². The molecule has 2 aromatic heterocycles. The van der Waals surface area contributed by atoms with Crippen molar-refractivity contribution in [3.8, 4) is 26.6 Å². The van der Waals surface area contributed by atoms with Gasteiger partial charge in [-0.05, 0) is 70.8 Å². The first-order valence-corrected chi connectivity index (χ1v) is 27.3. The highest BCUT2D eigenvalue weighted by Crippen LogP contribution is 2.36. The fraction of sp³-hybridized carbons (Fsp3) is 0.368. The van der Waals surface area contributed by atoms with E-state index in [0.29, 0.717) is 33.6 Å². The second-order valence-corrected chi connectivity index (χ2v) is 22.4. The van der Waals surface area contributed by atoms with E-state index in [-0.39, 0.29) is 81.7 Å². The normalized spacial score (nSPS) is 19.9. The lowest BCUT2D eigenvalue weighted by molar-refractivity contribution is -0.143. The Labute approximate surface area is 447 Å². The Balaban J connectivity index is 0.828. The number of aliphatic hydroxyl groups is 1. The maximum absolute atomic E-state index is 15.2. The number of ether oxygens (including phenoxy) is 1. The number of β-amino-alcohol motifs (C(OH)–C–C–N with tert-alkyl or cyclic N) is 1. The lowest BCUT2D eigenvalue weighted by Crippen LogP contribution is -2.55. The van der Waals surface area contributed by atoms with Crippen LogP contribution in [0.25, 0.3) is 20.9 Å². The van der Waals surface area contributed by atoms with E-state index in [1.54, 1.807) is 64.6 Å². The maximum Gasteiger partial charge on any atom is 0.255 e. The van der Waals surface area contributed by atoms with Gasteiger partial charge in [-0.15, -0.1) is 22.7 Å². The SMILES string of the molecule is Cc1ncsc1-c1ccc(CNC(=O)[C@@H]2C[C@@H](O)CN2C(=O)[C@H](C(C)C)N2Cc3ccc(O[C@@H]4C[C@@H](C(=O)NCc5ccc(-c6cncs6)cc5)N(C(=O)[C@H](C(C)C)N5Cc6ccccc6C5=O)C4)cc3C2=O)cc1F. The van der Waals surface area contributed by atoms with Crippen LogP contribution in [-0.2, 0) is 45.4 Å². The van der Waals surface area contributed by atoms with Crippen molar-refractivity contribution in [3.05, 3.63) is 147 Å². The van der Waals surface area contributed by atoms with Crippen molar-refractivity contribution in [2.45, 2.75) is 110 Å². The molecule has 16 nitrogen and oxygen atoms in total. The van der Waals surface area contributed by atoms with Gasteiger partial charge in [-0.2, -0.15) is 0 Å². The van der Waals surface area contributed by atoms with Gasteiger partial charge in [0.15, 0.2) is 0 Å². The van der Waals surface area contributed by atoms with E-state index in [9.17, 15) is 33.9 Å². The highest BCUT2D eigenvalue weighted by Gasteiger charge is 2.48. The largest absolute Gasteiger partial charge is 0.488 e. The minimum atomic E-state index is -1.03. The minimum absolute atomic E-state index is 0.00690. The van der Waals surface area contributed by atoms with Crippen molar-refractivity contribution in [1.82, 2.24) is 40.2 Å². The zero-order valence-corrected chi connectivity index (χ0v) is 44.4. The van der Waals surface area contributed by atoms with Crippen LogP contribution in [0.15, 0.2) is 102 Å². The van der Waals surface area contributed by atoms with Crippen molar-refractivity contribution in [2.24, 2.45) is 11.8 Å². The molecular formula is C57H59FN8O8S2. The summed E-state index contributed by atoms with van der Waals surface area (Å²) in [6, 6.07) is 21.1. The number of aromatic nitrogens is 2. The lowest BCUT2D eigenvalue weighted by atomic mass is 10.0. The summed E-state index contributed by atoms with van der Waals surface area (Å²) in [5, 5.41) is 16.7. The molecule has 76 heavy (non-hydrogen) atoms. The van der Waals surface area contributed by atoms with Crippen LogP contribution < -0.4 is 15.4 Å². The van der Waals surface area contributed by atoms with Crippen LogP contribution in [0.3, 0.4) is 0 Å². The number of carbonyl (C=O) groups is 6. The summed E-state index contributed by atoms with van der Waals surface area (Å²) in [6.45, 7) is 9.73. The number of rotatable bonds is 16. The third kappa shape index (κ3) is 10.3. The van der Waals surface area contributed by atoms with Crippen LogP contribution in [0, 0.1) is 24.6 Å². The summed E-state index contributed by atoms with van der Waals surface area (Å²) in [6.07, 6.45) is 0.272. The first-order valence-electron chi connectivity index (χ1n) is 25.5. The van der Waals surface area contributed by atoms with Crippen molar-refractivity contribution in [3.63, 3.8) is 0 Å². The summed E-state index contributed by atoms with van der Waals surface area (Å²) in [4.78, 5) is 102. The highest BCUT2D eigenvalue weighted by molar-refractivity contribution is 7.13. The Kier molecular flexibility index (Phi) is 14.9. The number of hydrogen-bond donors (Lipinski definition) is 3. The predicted molar refractivity (Wildman–Crippen MR) is 284 cm³/mol.